The van der Waals surface area contributed by atoms with Crippen molar-refractivity contribution in [3.05, 3.63) is 48.5 Å². The number of methoxy groups -OCH3 is 1. The van der Waals surface area contributed by atoms with Crippen LogP contribution in [-0.2, 0) is 9.53 Å². The van der Waals surface area contributed by atoms with Gasteiger partial charge >= 0.3 is 6.09 Å². The van der Waals surface area contributed by atoms with Gasteiger partial charge in [-0.3, -0.25) is 9.69 Å². The van der Waals surface area contributed by atoms with Crippen LogP contribution in [0.15, 0.2) is 53.4 Å². The van der Waals surface area contributed by atoms with Gasteiger partial charge in [0.15, 0.2) is 0 Å². The molecule has 2 saturated heterocycles. The minimum atomic E-state index is -0.445. The molecule has 2 amide bonds. The van der Waals surface area contributed by atoms with Crippen molar-refractivity contribution in [3.63, 3.8) is 0 Å². The Hall–Kier alpha value is -2.75. The molecule has 2 fully saturated rings. The van der Waals surface area contributed by atoms with Gasteiger partial charge in [0.05, 0.1) is 25.9 Å². The van der Waals surface area contributed by atoms with Crippen molar-refractivity contribution >= 4 is 35.3 Å². The van der Waals surface area contributed by atoms with Crippen LogP contribution in [0.3, 0.4) is 0 Å². The number of nitrogens with zero attached hydrogens (tertiary/aromatic N) is 3. The molecule has 2 N–H and O–H groups in total. The Kier molecular flexibility index (Phi) is 6.12. The summed E-state index contributed by atoms with van der Waals surface area (Å²) in [7, 11) is 1.54. The number of ether oxygens (including phenoxy) is 2. The van der Waals surface area contributed by atoms with Crippen LogP contribution < -0.4 is 20.3 Å². The van der Waals surface area contributed by atoms with Crippen LogP contribution in [0.2, 0.25) is 0 Å². The fourth-order valence-electron chi connectivity index (χ4n) is 3.53. The highest BCUT2D eigenvalue weighted by Crippen LogP contribution is 2.36. The van der Waals surface area contributed by atoms with E-state index >= 15 is 0 Å². The molecule has 0 aromatic heterocycles. The zero-order chi connectivity index (χ0) is 21.1. The van der Waals surface area contributed by atoms with Crippen molar-refractivity contribution in [1.82, 2.24) is 4.31 Å². The fourth-order valence-corrected chi connectivity index (χ4v) is 4.46. The van der Waals surface area contributed by atoms with E-state index in [0.29, 0.717) is 31.1 Å². The van der Waals surface area contributed by atoms with E-state index in [9.17, 15) is 9.59 Å². The Labute approximate surface area is 179 Å². The van der Waals surface area contributed by atoms with E-state index in [1.165, 1.54) is 4.90 Å². The van der Waals surface area contributed by atoms with E-state index in [1.807, 2.05) is 36.4 Å². The Morgan fingerprint density at radius 2 is 1.93 bits per heavy atom. The second-order valence-electron chi connectivity index (χ2n) is 7.02. The Morgan fingerprint density at radius 3 is 2.60 bits per heavy atom. The summed E-state index contributed by atoms with van der Waals surface area (Å²) in [5.74, 6) is 0.527. The zero-order valence-corrected chi connectivity index (χ0v) is 17.5. The highest BCUT2D eigenvalue weighted by atomic mass is 32.2. The molecule has 2 aromatic rings. The predicted octanol–water partition coefficient (Wildman–Crippen LogP) is 2.33. The first kappa shape index (κ1) is 20.5. The number of rotatable bonds is 6. The van der Waals surface area contributed by atoms with Gasteiger partial charge in [-0.25, -0.2) is 9.10 Å². The molecular weight excluding hydrogens is 404 g/mol. The smallest absolute Gasteiger partial charge is 0.414 e. The van der Waals surface area contributed by atoms with Gasteiger partial charge in [0.1, 0.15) is 11.9 Å². The Bertz CT molecular complexity index is 926. The molecule has 9 heteroatoms. The lowest BCUT2D eigenvalue weighted by molar-refractivity contribution is -0.119. The minimum absolute atomic E-state index is 0.0169. The number of carbonyl (C=O) groups is 2. The van der Waals surface area contributed by atoms with Crippen LogP contribution in [-0.4, -0.2) is 62.2 Å². The molecular formula is C21H24N4O4S. The van der Waals surface area contributed by atoms with E-state index in [1.54, 1.807) is 36.1 Å². The standard InChI is InChI=1S/C21H24N4O4S/c1-28-19-11-15(7-8-18(19)25-13-16(12-22)29-21(25)27)24-10-9-23(14-20(24)26)30-17-5-3-2-4-6-17/h2-8,11,16H,9-10,12-14,22H2,1H3/t16-/m0/s1. The Balaban J connectivity index is 1.47. The van der Waals surface area contributed by atoms with Gasteiger partial charge in [-0.05, 0) is 36.2 Å². The number of piperazine rings is 1. The molecule has 30 heavy (non-hydrogen) atoms. The van der Waals surface area contributed by atoms with Crippen LogP contribution in [0, 0.1) is 0 Å². The van der Waals surface area contributed by atoms with Crippen LogP contribution >= 0.6 is 11.9 Å². The molecule has 2 aliphatic heterocycles. The highest BCUT2D eigenvalue weighted by molar-refractivity contribution is 7.97. The largest absolute Gasteiger partial charge is 0.494 e. The molecule has 0 radical (unpaired) electrons. The summed E-state index contributed by atoms with van der Waals surface area (Å²) in [6.07, 6.45) is -0.780. The summed E-state index contributed by atoms with van der Waals surface area (Å²) in [4.78, 5) is 29.3. The van der Waals surface area contributed by atoms with E-state index < -0.39 is 6.09 Å². The van der Waals surface area contributed by atoms with E-state index in [2.05, 4.69) is 4.31 Å². The van der Waals surface area contributed by atoms with Crippen molar-refractivity contribution in [2.75, 3.05) is 49.6 Å². The summed E-state index contributed by atoms with van der Waals surface area (Å²) in [5, 5.41) is 0. The fraction of sp³-hybridized carbons (Fsp3) is 0.333. The first-order chi connectivity index (χ1) is 14.6. The van der Waals surface area contributed by atoms with E-state index in [4.69, 9.17) is 15.2 Å². The van der Waals surface area contributed by atoms with Crippen LogP contribution in [0.5, 0.6) is 5.75 Å². The number of anilines is 2. The van der Waals surface area contributed by atoms with Gasteiger partial charge in [-0.2, -0.15) is 0 Å². The minimum Gasteiger partial charge on any atom is -0.494 e. The zero-order valence-electron chi connectivity index (χ0n) is 16.7. The van der Waals surface area contributed by atoms with Crippen molar-refractivity contribution in [3.8, 4) is 5.75 Å². The SMILES string of the molecule is COc1cc(N2CCN(Sc3ccccc3)CC2=O)ccc1N1C[C@H](CN)OC1=O. The van der Waals surface area contributed by atoms with Crippen molar-refractivity contribution < 1.29 is 19.1 Å². The second kappa shape index (κ2) is 8.95. The van der Waals surface area contributed by atoms with Gasteiger partial charge in [0.25, 0.3) is 0 Å². The van der Waals surface area contributed by atoms with E-state index in [0.717, 1.165) is 17.1 Å². The predicted molar refractivity (Wildman–Crippen MR) is 116 cm³/mol. The number of cyclic esters (lactones) is 1. The summed E-state index contributed by atoms with van der Waals surface area (Å²) < 4.78 is 12.8. The number of amides is 2. The maximum Gasteiger partial charge on any atom is 0.414 e. The lowest BCUT2D eigenvalue weighted by Gasteiger charge is -2.33. The van der Waals surface area contributed by atoms with Crippen molar-refractivity contribution in [1.29, 1.82) is 0 Å². The topological polar surface area (TPSA) is 88.3 Å². The summed E-state index contributed by atoms with van der Waals surface area (Å²) >= 11 is 1.59. The molecule has 2 aromatic carbocycles. The molecule has 0 bridgehead atoms. The average molecular weight is 429 g/mol. The van der Waals surface area contributed by atoms with Crippen LogP contribution in [0.1, 0.15) is 0 Å². The lowest BCUT2D eigenvalue weighted by Crippen LogP contribution is -2.48. The first-order valence-electron chi connectivity index (χ1n) is 9.73. The second-order valence-corrected chi connectivity index (χ2v) is 8.19. The molecule has 4 rings (SSSR count). The molecule has 2 aliphatic rings. The van der Waals surface area contributed by atoms with Gasteiger partial charge < -0.3 is 20.1 Å². The number of benzene rings is 2. The highest BCUT2D eigenvalue weighted by Gasteiger charge is 2.34. The summed E-state index contributed by atoms with van der Waals surface area (Å²) in [6, 6.07) is 15.4. The van der Waals surface area contributed by atoms with Crippen molar-refractivity contribution in [2.45, 2.75) is 11.0 Å². The van der Waals surface area contributed by atoms with Crippen molar-refractivity contribution in [2.24, 2.45) is 5.73 Å². The van der Waals surface area contributed by atoms with E-state index in [-0.39, 0.29) is 18.6 Å². The molecule has 0 spiro atoms. The third kappa shape index (κ3) is 4.23. The monoisotopic (exact) mass is 428 g/mol. The number of nitrogens with two attached hydrogens (primary N) is 1. The van der Waals surface area contributed by atoms with Gasteiger partial charge in [0.2, 0.25) is 5.91 Å². The molecule has 1 atom stereocenters. The summed E-state index contributed by atoms with van der Waals surface area (Å²) in [6.45, 7) is 2.27. The normalized spacial score (nSPS) is 19.9. The van der Waals surface area contributed by atoms with Gasteiger partial charge in [0, 0.05) is 36.3 Å². The molecule has 0 saturated carbocycles. The first-order valence-corrected chi connectivity index (χ1v) is 10.5. The molecule has 0 unspecified atom stereocenters. The number of hydrogen-bond acceptors (Lipinski definition) is 7. The summed E-state index contributed by atoms with van der Waals surface area (Å²) in [5.41, 5.74) is 6.97. The Morgan fingerprint density at radius 1 is 1.13 bits per heavy atom. The third-order valence-corrected chi connectivity index (χ3v) is 6.12. The molecule has 0 aliphatic carbocycles. The third-order valence-electron chi connectivity index (χ3n) is 5.07. The number of hydrogen-bond donors (Lipinski definition) is 1. The maximum absolute atomic E-state index is 12.8. The molecule has 8 nitrogen and oxygen atoms in total. The molecule has 2 heterocycles. The van der Waals surface area contributed by atoms with Crippen LogP contribution in [0.4, 0.5) is 16.2 Å². The van der Waals surface area contributed by atoms with Gasteiger partial charge in [-0.15, -0.1) is 0 Å². The van der Waals surface area contributed by atoms with Crippen LogP contribution in [0.25, 0.3) is 0 Å². The average Bonchev–Trinajstić information content (AvgIpc) is 3.15. The quantitative estimate of drug-likeness (QED) is 0.707. The number of carbonyl (C=O) groups excluding carboxylic acids is 2. The molecule has 158 valence electrons. The lowest BCUT2D eigenvalue weighted by atomic mass is 10.2. The maximum atomic E-state index is 12.8. The van der Waals surface area contributed by atoms with Gasteiger partial charge in [-0.1, -0.05) is 18.2 Å².